The predicted octanol–water partition coefficient (Wildman–Crippen LogP) is 2.74. The fraction of sp³-hybridized carbons (Fsp3) is 0.857. The van der Waals surface area contributed by atoms with Crippen molar-refractivity contribution in [3.05, 3.63) is 0 Å². The third-order valence-electron chi connectivity index (χ3n) is 3.04. The Morgan fingerprint density at radius 3 is 2.37 bits per heavy atom. The van der Waals surface area contributed by atoms with Gasteiger partial charge in [0.2, 0.25) is 5.91 Å². The van der Waals surface area contributed by atoms with Crippen molar-refractivity contribution in [1.29, 1.82) is 0 Å². The monoisotopic (exact) mass is 333 g/mol. The van der Waals surface area contributed by atoms with Crippen LogP contribution in [0.4, 0.5) is 0 Å². The second-order valence-electron chi connectivity index (χ2n) is 6.92. The zero-order valence-corrected chi connectivity index (χ0v) is 14.0. The summed E-state index contributed by atoms with van der Waals surface area (Å²) < 4.78 is 5.23. The molecule has 1 fully saturated rings. The predicted molar refractivity (Wildman–Crippen MR) is 78.2 cm³/mol. The van der Waals surface area contributed by atoms with E-state index in [1.807, 2.05) is 0 Å². The summed E-state index contributed by atoms with van der Waals surface area (Å²) in [6.07, 6.45) is 2.09. The lowest BCUT2D eigenvalue weighted by atomic mass is 9.84. The molecule has 1 aliphatic rings. The summed E-state index contributed by atoms with van der Waals surface area (Å²) in [6, 6.07) is 0. The van der Waals surface area contributed by atoms with Gasteiger partial charge in [0.25, 0.3) is 0 Å². The van der Waals surface area contributed by atoms with Crippen LogP contribution in [-0.2, 0) is 14.3 Å². The molecule has 0 bridgehead atoms. The van der Waals surface area contributed by atoms with Gasteiger partial charge in [-0.1, -0.05) is 29.8 Å². The Labute approximate surface area is 124 Å². The Kier molecular flexibility index (Phi) is 5.04. The molecule has 1 amide bonds. The fourth-order valence-electron chi connectivity index (χ4n) is 2.23. The molecule has 0 aromatic heterocycles. The number of ether oxygens (including phenoxy) is 1. The summed E-state index contributed by atoms with van der Waals surface area (Å²) in [5.41, 5.74) is -0.459. The van der Waals surface area contributed by atoms with E-state index in [1.165, 1.54) is 0 Å². The van der Waals surface area contributed by atoms with Gasteiger partial charge in [-0.05, 0) is 39.0 Å². The maximum atomic E-state index is 12.3. The number of nitrogens with zero attached hydrogens (tertiary/aromatic N) is 1. The minimum atomic E-state index is -0.902. The molecule has 0 N–H and O–H groups in total. The van der Waals surface area contributed by atoms with Gasteiger partial charge in [-0.3, -0.25) is 9.59 Å². The Morgan fingerprint density at radius 2 is 1.89 bits per heavy atom. The van der Waals surface area contributed by atoms with Gasteiger partial charge in [-0.25, -0.2) is 0 Å². The Balaban J connectivity index is 2.64. The number of piperidine rings is 1. The van der Waals surface area contributed by atoms with Crippen LogP contribution in [0, 0.1) is 5.41 Å². The van der Waals surface area contributed by atoms with E-state index in [0.29, 0.717) is 13.1 Å². The maximum Gasteiger partial charge on any atom is 0.329 e. The molecule has 1 rings (SSSR count). The van der Waals surface area contributed by atoms with Gasteiger partial charge in [-0.2, -0.15) is 0 Å². The van der Waals surface area contributed by atoms with E-state index in [2.05, 4.69) is 29.8 Å². The lowest BCUT2D eigenvalue weighted by Gasteiger charge is -2.38. The normalized spacial score (nSPS) is 20.8. The first kappa shape index (κ1) is 16.5. The number of likely N-dealkylation sites (tertiary alicyclic amines) is 1. The molecule has 0 aromatic carbocycles. The zero-order valence-electron chi connectivity index (χ0n) is 12.5. The SMILES string of the molecule is CC1(C)CCCN(C(=O)C(Br)C(=O)OC(C)(C)C)C1. The minimum Gasteiger partial charge on any atom is -0.459 e. The van der Waals surface area contributed by atoms with Gasteiger partial charge in [-0.15, -0.1) is 0 Å². The summed E-state index contributed by atoms with van der Waals surface area (Å²) in [7, 11) is 0. The molecule has 0 spiro atoms. The highest BCUT2D eigenvalue weighted by molar-refractivity contribution is 9.10. The molecule has 1 atom stereocenters. The van der Waals surface area contributed by atoms with Crippen molar-refractivity contribution < 1.29 is 14.3 Å². The van der Waals surface area contributed by atoms with E-state index in [0.717, 1.165) is 12.8 Å². The first-order valence-electron chi connectivity index (χ1n) is 6.68. The molecule has 5 heteroatoms. The molecule has 4 nitrogen and oxygen atoms in total. The second kappa shape index (κ2) is 5.81. The number of halogens is 1. The van der Waals surface area contributed by atoms with Crippen LogP contribution in [0.1, 0.15) is 47.5 Å². The molecule has 1 aliphatic heterocycles. The van der Waals surface area contributed by atoms with Crippen LogP contribution in [0.25, 0.3) is 0 Å². The molecule has 0 aliphatic carbocycles. The van der Waals surface area contributed by atoms with Crippen LogP contribution in [0.3, 0.4) is 0 Å². The highest BCUT2D eigenvalue weighted by atomic mass is 79.9. The van der Waals surface area contributed by atoms with E-state index in [4.69, 9.17) is 4.74 Å². The summed E-state index contributed by atoms with van der Waals surface area (Å²) >= 11 is 3.17. The van der Waals surface area contributed by atoms with Crippen molar-refractivity contribution in [3.63, 3.8) is 0 Å². The van der Waals surface area contributed by atoms with Gasteiger partial charge in [0.05, 0.1) is 0 Å². The smallest absolute Gasteiger partial charge is 0.329 e. The Hall–Kier alpha value is -0.580. The molecular weight excluding hydrogens is 310 g/mol. The Bertz CT molecular complexity index is 360. The van der Waals surface area contributed by atoms with Gasteiger partial charge in [0, 0.05) is 13.1 Å². The van der Waals surface area contributed by atoms with E-state index >= 15 is 0 Å². The van der Waals surface area contributed by atoms with Gasteiger partial charge in [0.1, 0.15) is 5.60 Å². The summed E-state index contributed by atoms with van der Waals surface area (Å²) in [5.74, 6) is -0.706. The van der Waals surface area contributed by atoms with Crippen molar-refractivity contribution in [2.75, 3.05) is 13.1 Å². The topological polar surface area (TPSA) is 46.6 Å². The number of hydrogen-bond acceptors (Lipinski definition) is 3. The van der Waals surface area contributed by atoms with Crippen LogP contribution in [0.2, 0.25) is 0 Å². The first-order valence-corrected chi connectivity index (χ1v) is 7.59. The van der Waals surface area contributed by atoms with Crippen molar-refractivity contribution in [2.24, 2.45) is 5.41 Å². The molecule has 1 unspecified atom stereocenters. The van der Waals surface area contributed by atoms with Crippen molar-refractivity contribution in [3.8, 4) is 0 Å². The van der Waals surface area contributed by atoms with Crippen LogP contribution in [0.15, 0.2) is 0 Å². The highest BCUT2D eigenvalue weighted by Gasteiger charge is 2.36. The minimum absolute atomic E-state index is 0.120. The van der Waals surface area contributed by atoms with Crippen LogP contribution < -0.4 is 0 Å². The molecular formula is C14H24BrNO3. The fourth-order valence-corrected chi connectivity index (χ4v) is 2.61. The van der Waals surface area contributed by atoms with Crippen LogP contribution in [-0.4, -0.2) is 40.3 Å². The van der Waals surface area contributed by atoms with Gasteiger partial charge in [0.15, 0.2) is 4.83 Å². The highest BCUT2D eigenvalue weighted by Crippen LogP contribution is 2.29. The zero-order chi connectivity index (χ0) is 14.8. The van der Waals surface area contributed by atoms with Gasteiger partial charge < -0.3 is 9.64 Å². The largest absolute Gasteiger partial charge is 0.459 e. The molecule has 1 saturated heterocycles. The average Bonchev–Trinajstić information content (AvgIpc) is 2.23. The quantitative estimate of drug-likeness (QED) is 0.443. The first-order chi connectivity index (χ1) is 8.52. The third-order valence-corrected chi connectivity index (χ3v) is 3.81. The van der Waals surface area contributed by atoms with Crippen LogP contribution in [0.5, 0.6) is 0 Å². The molecule has 19 heavy (non-hydrogen) atoms. The van der Waals surface area contributed by atoms with E-state index in [-0.39, 0.29) is 11.3 Å². The number of carbonyl (C=O) groups excluding carboxylic acids is 2. The van der Waals surface area contributed by atoms with Gasteiger partial charge >= 0.3 is 5.97 Å². The van der Waals surface area contributed by atoms with Crippen molar-refractivity contribution in [2.45, 2.75) is 57.9 Å². The number of hydrogen-bond donors (Lipinski definition) is 0. The van der Waals surface area contributed by atoms with E-state index in [1.54, 1.807) is 25.7 Å². The molecule has 0 saturated carbocycles. The molecule has 0 radical (unpaired) electrons. The van der Waals surface area contributed by atoms with Crippen LogP contribution >= 0.6 is 15.9 Å². The second-order valence-corrected chi connectivity index (χ2v) is 7.84. The number of carbonyl (C=O) groups is 2. The van der Waals surface area contributed by atoms with Crippen molar-refractivity contribution >= 4 is 27.8 Å². The molecule has 0 aromatic rings. The standard InChI is InChI=1S/C14H24BrNO3/c1-13(2,3)19-12(18)10(15)11(17)16-8-6-7-14(4,5)9-16/h10H,6-9H2,1-5H3. The lowest BCUT2D eigenvalue weighted by Crippen LogP contribution is -2.48. The number of alkyl halides is 1. The molecule has 1 heterocycles. The Morgan fingerprint density at radius 1 is 1.32 bits per heavy atom. The average molecular weight is 334 g/mol. The third kappa shape index (κ3) is 5.13. The number of esters is 1. The summed E-state index contributed by atoms with van der Waals surface area (Å²) in [4.78, 5) is 25.0. The summed E-state index contributed by atoms with van der Waals surface area (Å²) in [6.45, 7) is 11.1. The van der Waals surface area contributed by atoms with E-state index < -0.39 is 16.4 Å². The lowest BCUT2D eigenvalue weighted by molar-refractivity contribution is -0.157. The summed E-state index contributed by atoms with van der Waals surface area (Å²) in [5, 5.41) is 0. The number of rotatable bonds is 2. The molecule has 110 valence electrons. The van der Waals surface area contributed by atoms with Crippen molar-refractivity contribution in [1.82, 2.24) is 4.90 Å². The maximum absolute atomic E-state index is 12.3. The van der Waals surface area contributed by atoms with E-state index in [9.17, 15) is 9.59 Å². The number of amides is 1.